The Kier molecular flexibility index (Phi) is 6.97. The summed E-state index contributed by atoms with van der Waals surface area (Å²) in [6.45, 7) is -0.213. The molecule has 1 amide bonds. The summed E-state index contributed by atoms with van der Waals surface area (Å²) < 4.78 is 61.5. The second-order valence-electron chi connectivity index (χ2n) is 5.62. The summed E-state index contributed by atoms with van der Waals surface area (Å²) in [5, 5.41) is 1.64. The molecule has 2 aromatic carbocycles. The number of carbonyl (C=O) groups excluding carboxylic acids is 2. The van der Waals surface area contributed by atoms with Gasteiger partial charge in [0.2, 0.25) is 0 Å². The summed E-state index contributed by atoms with van der Waals surface area (Å²) in [6.07, 6.45) is -4.65. The van der Waals surface area contributed by atoms with Crippen LogP contribution < -0.4 is 10.1 Å². The van der Waals surface area contributed by atoms with Crippen LogP contribution in [0.3, 0.4) is 0 Å². The molecule has 0 unspecified atom stereocenters. The van der Waals surface area contributed by atoms with Crippen molar-refractivity contribution in [1.29, 1.82) is 0 Å². The Morgan fingerprint density at radius 3 is 2.32 bits per heavy atom. The summed E-state index contributed by atoms with van der Waals surface area (Å²) in [7, 11) is 0. The van der Waals surface area contributed by atoms with Crippen molar-refractivity contribution in [2.24, 2.45) is 0 Å². The summed E-state index contributed by atoms with van der Waals surface area (Å²) in [6, 6.07) is 10.1. The number of alkyl halides is 3. The van der Waals surface area contributed by atoms with Crippen molar-refractivity contribution in [3.05, 3.63) is 65.0 Å². The third-order valence-corrected chi connectivity index (χ3v) is 3.47. The van der Waals surface area contributed by atoms with Gasteiger partial charge >= 0.3 is 12.1 Å². The minimum absolute atomic E-state index is 0.0247. The fourth-order valence-corrected chi connectivity index (χ4v) is 2.28. The third-order valence-electron chi connectivity index (χ3n) is 3.47. The van der Waals surface area contributed by atoms with E-state index in [9.17, 15) is 27.2 Å². The zero-order valence-electron chi connectivity index (χ0n) is 14.8. The predicted molar refractivity (Wildman–Crippen MR) is 91.5 cm³/mol. The van der Waals surface area contributed by atoms with E-state index in [0.717, 1.165) is 6.07 Å². The quantitative estimate of drug-likeness (QED) is 0.567. The number of amides is 1. The molecule has 0 aliphatic rings. The van der Waals surface area contributed by atoms with Gasteiger partial charge in [-0.25, -0.2) is 9.18 Å². The van der Waals surface area contributed by atoms with E-state index in [2.05, 4.69) is 0 Å². The molecule has 2 aromatic rings. The maximum Gasteiger partial charge on any atom is 0.405 e. The minimum Gasteiger partial charge on any atom is -0.487 e. The molecule has 150 valence electrons. The topological polar surface area (TPSA) is 64.6 Å². The van der Waals surface area contributed by atoms with E-state index in [0.29, 0.717) is 11.6 Å². The van der Waals surface area contributed by atoms with Crippen LogP contribution in [0, 0.1) is 5.82 Å². The van der Waals surface area contributed by atoms with Crippen molar-refractivity contribution in [2.75, 3.05) is 13.2 Å². The molecule has 0 saturated carbocycles. The number of ether oxygens (including phenoxy) is 2. The summed E-state index contributed by atoms with van der Waals surface area (Å²) in [5.41, 5.74) is -0.263. The lowest BCUT2D eigenvalue weighted by Crippen LogP contribution is -2.34. The highest BCUT2D eigenvalue weighted by Gasteiger charge is 2.30. The van der Waals surface area contributed by atoms with Crippen LogP contribution >= 0.6 is 0 Å². The van der Waals surface area contributed by atoms with Gasteiger partial charge in [-0.2, -0.15) is 13.2 Å². The van der Waals surface area contributed by atoms with E-state index in [-0.39, 0.29) is 19.0 Å². The van der Waals surface area contributed by atoms with Crippen molar-refractivity contribution >= 4 is 11.9 Å². The number of hydrogen-bond donors (Lipinski definition) is 1. The summed E-state index contributed by atoms with van der Waals surface area (Å²) >= 11 is 0. The molecular formula is C19H17F4NO4. The first-order chi connectivity index (χ1) is 13.2. The molecule has 0 aliphatic carbocycles. The van der Waals surface area contributed by atoms with Gasteiger partial charge in [-0.3, -0.25) is 4.79 Å². The van der Waals surface area contributed by atoms with Crippen molar-refractivity contribution in [1.82, 2.24) is 5.32 Å². The normalized spacial score (nSPS) is 11.0. The third kappa shape index (κ3) is 5.97. The van der Waals surface area contributed by atoms with Crippen LogP contribution in [0.2, 0.25) is 0 Å². The highest BCUT2D eigenvalue weighted by Crippen LogP contribution is 2.28. The first-order valence-electron chi connectivity index (χ1n) is 8.23. The summed E-state index contributed by atoms with van der Waals surface area (Å²) in [5.74, 6) is -3.55. The van der Waals surface area contributed by atoms with Crippen molar-refractivity contribution in [3.63, 3.8) is 0 Å². The molecule has 0 atom stereocenters. The fourth-order valence-electron chi connectivity index (χ4n) is 2.28. The second-order valence-corrected chi connectivity index (χ2v) is 5.62. The molecule has 0 saturated heterocycles. The number of carbonyl (C=O) groups is 2. The average molecular weight is 399 g/mol. The van der Waals surface area contributed by atoms with Gasteiger partial charge in [0.25, 0.3) is 5.91 Å². The highest BCUT2D eigenvalue weighted by molar-refractivity contribution is 6.02. The van der Waals surface area contributed by atoms with Gasteiger partial charge in [0.05, 0.1) is 12.2 Å². The predicted octanol–water partition coefficient (Wildman–Crippen LogP) is 3.87. The van der Waals surface area contributed by atoms with Crippen LogP contribution in [0.15, 0.2) is 42.5 Å². The molecule has 0 heterocycles. The Morgan fingerprint density at radius 2 is 1.71 bits per heavy atom. The first kappa shape index (κ1) is 21.2. The minimum atomic E-state index is -4.65. The molecule has 28 heavy (non-hydrogen) atoms. The Balaban J connectivity index is 2.40. The van der Waals surface area contributed by atoms with E-state index >= 15 is 0 Å². The molecule has 2 rings (SSSR count). The van der Waals surface area contributed by atoms with Gasteiger partial charge < -0.3 is 14.8 Å². The second kappa shape index (κ2) is 9.20. The van der Waals surface area contributed by atoms with E-state index in [1.807, 2.05) is 0 Å². The van der Waals surface area contributed by atoms with E-state index in [1.165, 1.54) is 6.92 Å². The lowest BCUT2D eigenvalue weighted by Gasteiger charge is -2.16. The number of rotatable bonds is 7. The lowest BCUT2D eigenvalue weighted by atomic mass is 10.1. The number of halogens is 4. The van der Waals surface area contributed by atoms with Gasteiger partial charge in [0.15, 0.2) is 0 Å². The standard InChI is InChI=1S/C19H17F4NO4/c1-2-27-18(26)15-9-13(20)8-14(17(25)24-11-19(21,22)23)16(15)28-10-12-6-4-3-5-7-12/h3-9H,2,10-11H2,1H3,(H,24,25). The zero-order chi connectivity index (χ0) is 20.7. The molecule has 1 N–H and O–H groups in total. The Labute approximate surface area is 158 Å². The maximum absolute atomic E-state index is 13.9. The van der Waals surface area contributed by atoms with Crippen molar-refractivity contribution in [3.8, 4) is 5.75 Å². The van der Waals surface area contributed by atoms with Crippen LogP contribution in [0.4, 0.5) is 17.6 Å². The molecule has 0 spiro atoms. The summed E-state index contributed by atoms with van der Waals surface area (Å²) in [4.78, 5) is 24.3. The first-order valence-corrected chi connectivity index (χ1v) is 8.23. The Morgan fingerprint density at radius 1 is 1.07 bits per heavy atom. The van der Waals surface area contributed by atoms with Crippen LogP contribution in [0.25, 0.3) is 0 Å². The molecule has 0 bridgehead atoms. The van der Waals surface area contributed by atoms with Gasteiger partial charge in [0, 0.05) is 0 Å². The molecule has 5 nitrogen and oxygen atoms in total. The van der Waals surface area contributed by atoms with Crippen LogP contribution in [-0.4, -0.2) is 31.2 Å². The Hall–Kier alpha value is -3.10. The smallest absolute Gasteiger partial charge is 0.405 e. The van der Waals surface area contributed by atoms with Crippen LogP contribution in [0.1, 0.15) is 33.2 Å². The van der Waals surface area contributed by atoms with Crippen LogP contribution in [0.5, 0.6) is 5.75 Å². The van der Waals surface area contributed by atoms with E-state index in [1.54, 1.807) is 35.6 Å². The molecule has 0 radical (unpaired) electrons. The average Bonchev–Trinajstić information content (AvgIpc) is 2.65. The SMILES string of the molecule is CCOC(=O)c1cc(F)cc(C(=O)NCC(F)(F)F)c1OCc1ccccc1. The van der Waals surface area contributed by atoms with Gasteiger partial charge in [0.1, 0.15) is 30.3 Å². The number of nitrogens with one attached hydrogen (secondary N) is 1. The fraction of sp³-hybridized carbons (Fsp3) is 0.263. The molecular weight excluding hydrogens is 382 g/mol. The lowest BCUT2D eigenvalue weighted by molar-refractivity contribution is -0.123. The van der Waals surface area contributed by atoms with E-state index < -0.39 is 41.5 Å². The van der Waals surface area contributed by atoms with Crippen molar-refractivity contribution < 1.29 is 36.6 Å². The monoisotopic (exact) mass is 399 g/mol. The molecule has 0 fully saturated rings. The van der Waals surface area contributed by atoms with Gasteiger partial charge in [-0.1, -0.05) is 30.3 Å². The van der Waals surface area contributed by atoms with Crippen molar-refractivity contribution in [2.45, 2.75) is 19.7 Å². The Bertz CT molecular complexity index is 838. The zero-order valence-corrected chi connectivity index (χ0v) is 14.8. The largest absolute Gasteiger partial charge is 0.487 e. The number of benzene rings is 2. The molecule has 0 aliphatic heterocycles. The number of esters is 1. The van der Waals surface area contributed by atoms with Gasteiger partial charge in [-0.05, 0) is 24.6 Å². The molecule has 0 aromatic heterocycles. The van der Waals surface area contributed by atoms with Crippen LogP contribution in [-0.2, 0) is 11.3 Å². The highest BCUT2D eigenvalue weighted by atomic mass is 19.4. The number of hydrogen-bond acceptors (Lipinski definition) is 4. The van der Waals surface area contributed by atoms with Gasteiger partial charge in [-0.15, -0.1) is 0 Å². The maximum atomic E-state index is 13.9. The molecule has 9 heteroatoms. The van der Waals surface area contributed by atoms with E-state index in [4.69, 9.17) is 9.47 Å².